The van der Waals surface area contributed by atoms with Gasteiger partial charge in [0.15, 0.2) is 0 Å². The molecule has 1 aromatic carbocycles. The van der Waals surface area contributed by atoms with E-state index in [9.17, 15) is 4.79 Å². The van der Waals surface area contributed by atoms with E-state index in [1.54, 1.807) is 13.2 Å². The summed E-state index contributed by atoms with van der Waals surface area (Å²) in [6.45, 7) is 2.16. The van der Waals surface area contributed by atoms with Gasteiger partial charge in [-0.1, -0.05) is 25.8 Å². The Hall–Kier alpha value is -1.51. The molecule has 1 unspecified atom stereocenters. The van der Waals surface area contributed by atoms with Crippen LogP contribution in [0.4, 0.5) is 0 Å². The third-order valence-corrected chi connectivity index (χ3v) is 3.15. The number of hydrogen-bond donors (Lipinski definition) is 0. The second-order valence-electron chi connectivity index (χ2n) is 4.31. The van der Waals surface area contributed by atoms with Crippen molar-refractivity contribution in [2.75, 3.05) is 7.11 Å². The number of hydrogen-bond acceptors (Lipinski definition) is 3. The molecule has 0 spiro atoms. The first-order valence-corrected chi connectivity index (χ1v) is 6.15. The predicted molar refractivity (Wildman–Crippen MR) is 65.3 cm³/mol. The van der Waals surface area contributed by atoms with Crippen molar-refractivity contribution in [2.45, 2.75) is 38.7 Å². The van der Waals surface area contributed by atoms with E-state index in [0.29, 0.717) is 5.56 Å². The van der Waals surface area contributed by atoms with E-state index in [1.807, 2.05) is 12.1 Å². The molecule has 0 fully saturated rings. The van der Waals surface area contributed by atoms with Crippen LogP contribution in [0.25, 0.3) is 0 Å². The maximum atomic E-state index is 11.7. The fourth-order valence-corrected chi connectivity index (χ4v) is 2.27. The largest absolute Gasteiger partial charge is 0.496 e. The van der Waals surface area contributed by atoms with Crippen LogP contribution in [0.3, 0.4) is 0 Å². The van der Waals surface area contributed by atoms with Gasteiger partial charge >= 0.3 is 5.97 Å². The lowest BCUT2D eigenvalue weighted by Crippen LogP contribution is -2.00. The number of carbonyl (C=O) groups excluding carboxylic acids is 1. The van der Waals surface area contributed by atoms with Gasteiger partial charge in [-0.15, -0.1) is 0 Å². The SMILES string of the molecule is CCCCCC1OC(=O)c2cccc(OC)c21. The van der Waals surface area contributed by atoms with Crippen LogP contribution in [0, 0.1) is 0 Å². The first-order valence-electron chi connectivity index (χ1n) is 6.15. The summed E-state index contributed by atoms with van der Waals surface area (Å²) in [6, 6.07) is 5.51. The number of benzene rings is 1. The molecule has 1 heterocycles. The first kappa shape index (κ1) is 12.0. The quantitative estimate of drug-likeness (QED) is 0.578. The summed E-state index contributed by atoms with van der Waals surface area (Å²) in [5.74, 6) is 0.537. The van der Waals surface area contributed by atoms with Crippen LogP contribution in [-0.2, 0) is 4.74 Å². The molecule has 17 heavy (non-hydrogen) atoms. The topological polar surface area (TPSA) is 35.5 Å². The number of cyclic esters (lactones) is 1. The molecule has 0 N–H and O–H groups in total. The smallest absolute Gasteiger partial charge is 0.339 e. The molecular weight excluding hydrogens is 216 g/mol. The lowest BCUT2D eigenvalue weighted by molar-refractivity contribution is 0.0361. The van der Waals surface area contributed by atoms with Crippen molar-refractivity contribution in [3.05, 3.63) is 29.3 Å². The Morgan fingerprint density at radius 1 is 1.35 bits per heavy atom. The molecule has 0 saturated heterocycles. The Morgan fingerprint density at radius 2 is 2.18 bits per heavy atom. The summed E-state index contributed by atoms with van der Waals surface area (Å²) in [4.78, 5) is 11.7. The van der Waals surface area contributed by atoms with E-state index >= 15 is 0 Å². The fraction of sp³-hybridized carbons (Fsp3) is 0.500. The zero-order valence-corrected chi connectivity index (χ0v) is 10.4. The van der Waals surface area contributed by atoms with E-state index in [2.05, 4.69) is 6.92 Å². The molecule has 1 atom stereocenters. The monoisotopic (exact) mass is 234 g/mol. The molecule has 0 radical (unpaired) electrons. The van der Waals surface area contributed by atoms with E-state index in [4.69, 9.17) is 9.47 Å². The minimum Gasteiger partial charge on any atom is -0.496 e. The van der Waals surface area contributed by atoms with E-state index < -0.39 is 0 Å². The van der Waals surface area contributed by atoms with Crippen LogP contribution in [0.1, 0.15) is 54.6 Å². The molecule has 1 aromatic rings. The Kier molecular flexibility index (Phi) is 3.67. The van der Waals surface area contributed by atoms with Gasteiger partial charge in [0.1, 0.15) is 11.9 Å². The molecular formula is C14H18O3. The molecule has 1 aliphatic rings. The van der Waals surface area contributed by atoms with Crippen LogP contribution in [0.15, 0.2) is 18.2 Å². The second-order valence-corrected chi connectivity index (χ2v) is 4.31. The van der Waals surface area contributed by atoms with Gasteiger partial charge in [-0.3, -0.25) is 0 Å². The van der Waals surface area contributed by atoms with Crippen molar-refractivity contribution in [1.82, 2.24) is 0 Å². The number of esters is 1. The van der Waals surface area contributed by atoms with Gasteiger partial charge in [-0.25, -0.2) is 4.79 Å². The van der Waals surface area contributed by atoms with Gasteiger partial charge in [0.05, 0.1) is 12.7 Å². The second kappa shape index (κ2) is 5.21. The summed E-state index contributed by atoms with van der Waals surface area (Å²) < 4.78 is 10.7. The average Bonchev–Trinajstić information content (AvgIpc) is 2.67. The van der Waals surface area contributed by atoms with Crippen LogP contribution >= 0.6 is 0 Å². The van der Waals surface area contributed by atoms with Gasteiger partial charge in [-0.05, 0) is 25.0 Å². The van der Waals surface area contributed by atoms with Crippen LogP contribution in [-0.4, -0.2) is 13.1 Å². The third kappa shape index (κ3) is 2.28. The molecule has 0 saturated carbocycles. The van der Waals surface area contributed by atoms with Crippen molar-refractivity contribution in [3.8, 4) is 5.75 Å². The van der Waals surface area contributed by atoms with E-state index in [-0.39, 0.29) is 12.1 Å². The molecule has 1 aliphatic heterocycles. The molecule has 0 aromatic heterocycles. The molecule has 0 aliphatic carbocycles. The van der Waals surface area contributed by atoms with E-state index in [1.165, 1.54) is 12.8 Å². The number of ether oxygens (including phenoxy) is 2. The van der Waals surface area contributed by atoms with Gasteiger partial charge in [0, 0.05) is 5.56 Å². The zero-order chi connectivity index (χ0) is 12.3. The molecule has 2 rings (SSSR count). The maximum absolute atomic E-state index is 11.7. The predicted octanol–water partition coefficient (Wildman–Crippen LogP) is 3.49. The fourth-order valence-electron chi connectivity index (χ4n) is 2.27. The van der Waals surface area contributed by atoms with Gasteiger partial charge in [0.25, 0.3) is 0 Å². The summed E-state index contributed by atoms with van der Waals surface area (Å²) in [5.41, 5.74) is 1.59. The highest BCUT2D eigenvalue weighted by molar-refractivity contribution is 5.95. The van der Waals surface area contributed by atoms with Crippen molar-refractivity contribution in [1.29, 1.82) is 0 Å². The molecule has 0 amide bonds. The minimum absolute atomic E-state index is 0.125. The third-order valence-electron chi connectivity index (χ3n) is 3.15. The first-order chi connectivity index (χ1) is 8.27. The minimum atomic E-state index is -0.222. The average molecular weight is 234 g/mol. The zero-order valence-electron chi connectivity index (χ0n) is 10.4. The Bertz CT molecular complexity index is 412. The van der Waals surface area contributed by atoms with Gasteiger partial charge in [0.2, 0.25) is 0 Å². The Balaban J connectivity index is 2.22. The number of unbranched alkanes of at least 4 members (excludes halogenated alkanes) is 2. The van der Waals surface area contributed by atoms with Crippen LogP contribution in [0.5, 0.6) is 5.75 Å². The normalized spacial score (nSPS) is 17.8. The number of methoxy groups -OCH3 is 1. The molecule has 92 valence electrons. The van der Waals surface area contributed by atoms with Gasteiger partial charge in [-0.2, -0.15) is 0 Å². The summed E-state index contributed by atoms with van der Waals surface area (Å²) in [5, 5.41) is 0. The summed E-state index contributed by atoms with van der Waals surface area (Å²) in [6.07, 6.45) is 4.16. The highest BCUT2D eigenvalue weighted by atomic mass is 16.6. The summed E-state index contributed by atoms with van der Waals surface area (Å²) >= 11 is 0. The van der Waals surface area contributed by atoms with Crippen LogP contribution < -0.4 is 4.74 Å². The maximum Gasteiger partial charge on any atom is 0.339 e. The van der Waals surface area contributed by atoms with Crippen molar-refractivity contribution < 1.29 is 14.3 Å². The van der Waals surface area contributed by atoms with Crippen molar-refractivity contribution in [3.63, 3.8) is 0 Å². The Morgan fingerprint density at radius 3 is 2.88 bits per heavy atom. The van der Waals surface area contributed by atoms with Crippen molar-refractivity contribution >= 4 is 5.97 Å². The lowest BCUT2D eigenvalue weighted by Gasteiger charge is -2.13. The van der Waals surface area contributed by atoms with Gasteiger partial charge < -0.3 is 9.47 Å². The summed E-state index contributed by atoms with van der Waals surface area (Å²) in [7, 11) is 1.63. The number of fused-ring (bicyclic) bond motifs is 1. The van der Waals surface area contributed by atoms with E-state index in [0.717, 1.165) is 24.2 Å². The highest BCUT2D eigenvalue weighted by Crippen LogP contribution is 2.40. The highest BCUT2D eigenvalue weighted by Gasteiger charge is 2.33. The Labute approximate surface area is 102 Å². The molecule has 3 heteroatoms. The molecule has 3 nitrogen and oxygen atoms in total. The van der Waals surface area contributed by atoms with Crippen molar-refractivity contribution in [2.24, 2.45) is 0 Å². The number of carbonyl (C=O) groups is 1. The number of rotatable bonds is 5. The standard InChI is InChI=1S/C14H18O3/c1-3-4-5-8-12-13-10(14(15)17-12)7-6-9-11(13)16-2/h6-7,9,12H,3-5,8H2,1-2H3. The lowest BCUT2D eigenvalue weighted by atomic mass is 9.99. The molecule has 0 bridgehead atoms. The van der Waals surface area contributed by atoms with Crippen LogP contribution in [0.2, 0.25) is 0 Å².